The van der Waals surface area contributed by atoms with Crippen LogP contribution < -0.4 is 4.74 Å². The first-order valence-corrected chi connectivity index (χ1v) is 8.86. The zero-order valence-electron chi connectivity index (χ0n) is 14.9. The fourth-order valence-electron chi connectivity index (χ4n) is 2.75. The lowest BCUT2D eigenvalue weighted by Crippen LogP contribution is -2.24. The molecule has 2 aromatic heterocycles. The second-order valence-electron chi connectivity index (χ2n) is 5.86. The molecule has 0 aliphatic heterocycles. The van der Waals surface area contributed by atoms with Crippen LogP contribution >= 0.6 is 11.6 Å². The third kappa shape index (κ3) is 4.39. The number of benzene rings is 1. The third-order valence-corrected chi connectivity index (χ3v) is 4.24. The first kappa shape index (κ1) is 18.4. The normalized spacial score (nSPS) is 11.1. The van der Waals surface area contributed by atoms with Gasteiger partial charge in [-0.25, -0.2) is 4.98 Å². The van der Waals surface area contributed by atoms with Gasteiger partial charge in [-0.05, 0) is 31.2 Å². The van der Waals surface area contributed by atoms with Crippen molar-refractivity contribution in [2.75, 3.05) is 13.7 Å². The summed E-state index contributed by atoms with van der Waals surface area (Å²) < 4.78 is 11.2. The van der Waals surface area contributed by atoms with E-state index in [0.717, 1.165) is 24.1 Å². The Balaban J connectivity index is 1.75. The van der Waals surface area contributed by atoms with E-state index in [-0.39, 0.29) is 0 Å². The van der Waals surface area contributed by atoms with E-state index in [1.165, 1.54) is 0 Å². The largest absolute Gasteiger partial charge is 0.481 e. The fraction of sp³-hybridized carbons (Fsp3) is 0.316. The maximum absolute atomic E-state index is 6.21. The van der Waals surface area contributed by atoms with Gasteiger partial charge < -0.3 is 9.15 Å². The molecule has 136 valence electrons. The zero-order chi connectivity index (χ0) is 18.4. The summed E-state index contributed by atoms with van der Waals surface area (Å²) in [5.41, 5.74) is 1.76. The molecule has 0 aliphatic carbocycles. The average molecular weight is 373 g/mol. The predicted molar refractivity (Wildman–Crippen MR) is 99.9 cm³/mol. The molecule has 0 unspecified atom stereocenters. The molecule has 7 heteroatoms. The van der Waals surface area contributed by atoms with E-state index in [2.05, 4.69) is 27.0 Å². The summed E-state index contributed by atoms with van der Waals surface area (Å²) in [7, 11) is 1.63. The Morgan fingerprint density at radius 1 is 1.12 bits per heavy atom. The second kappa shape index (κ2) is 8.78. The Labute approximate surface area is 157 Å². The van der Waals surface area contributed by atoms with E-state index in [0.29, 0.717) is 35.8 Å². The van der Waals surface area contributed by atoms with Crippen LogP contribution in [0.4, 0.5) is 0 Å². The summed E-state index contributed by atoms with van der Waals surface area (Å²) in [6, 6.07) is 11.3. The maximum Gasteiger partial charge on any atom is 0.249 e. The average Bonchev–Trinajstić information content (AvgIpc) is 3.11. The van der Waals surface area contributed by atoms with E-state index in [4.69, 9.17) is 20.8 Å². The molecule has 0 radical (unpaired) electrons. The molecule has 6 nitrogen and oxygen atoms in total. The highest BCUT2D eigenvalue weighted by atomic mass is 35.5. The van der Waals surface area contributed by atoms with Gasteiger partial charge in [0, 0.05) is 18.3 Å². The highest BCUT2D eigenvalue weighted by Crippen LogP contribution is 2.26. The Bertz CT molecular complexity index is 853. The van der Waals surface area contributed by atoms with Crippen molar-refractivity contribution in [1.29, 1.82) is 0 Å². The van der Waals surface area contributed by atoms with Crippen molar-refractivity contribution >= 4 is 11.6 Å². The lowest BCUT2D eigenvalue weighted by Gasteiger charge is -2.20. The molecule has 0 aliphatic rings. The number of halogens is 1. The number of ether oxygens (including phenoxy) is 1. The SMILES string of the molecule is CCCN(Cc1nnc(-c2ccccc2Cl)o1)Cc1cccnc1OC. The van der Waals surface area contributed by atoms with Crippen molar-refractivity contribution in [3.8, 4) is 17.3 Å². The Morgan fingerprint density at radius 2 is 1.96 bits per heavy atom. The van der Waals surface area contributed by atoms with Crippen LogP contribution in [0.25, 0.3) is 11.5 Å². The van der Waals surface area contributed by atoms with Crippen molar-refractivity contribution in [1.82, 2.24) is 20.1 Å². The van der Waals surface area contributed by atoms with Crippen molar-refractivity contribution in [3.63, 3.8) is 0 Å². The number of hydrogen-bond donors (Lipinski definition) is 0. The number of rotatable bonds is 8. The van der Waals surface area contributed by atoms with Crippen LogP contribution in [-0.2, 0) is 13.1 Å². The lowest BCUT2D eigenvalue weighted by atomic mass is 10.2. The van der Waals surface area contributed by atoms with E-state index < -0.39 is 0 Å². The Kier molecular flexibility index (Phi) is 6.20. The number of aromatic nitrogens is 3. The minimum atomic E-state index is 0.431. The van der Waals surface area contributed by atoms with E-state index >= 15 is 0 Å². The first-order chi connectivity index (χ1) is 12.7. The predicted octanol–water partition coefficient (Wildman–Crippen LogP) is 4.21. The Morgan fingerprint density at radius 3 is 2.73 bits per heavy atom. The molecule has 0 spiro atoms. The van der Waals surface area contributed by atoms with Gasteiger partial charge in [-0.2, -0.15) is 0 Å². The first-order valence-electron chi connectivity index (χ1n) is 8.48. The fourth-order valence-corrected chi connectivity index (χ4v) is 2.97. The van der Waals surface area contributed by atoms with Crippen LogP contribution in [0, 0.1) is 0 Å². The van der Waals surface area contributed by atoms with Crippen molar-refractivity contribution in [2.45, 2.75) is 26.4 Å². The summed E-state index contributed by atoms with van der Waals surface area (Å²) in [6.45, 7) is 4.26. The summed E-state index contributed by atoms with van der Waals surface area (Å²) >= 11 is 6.21. The van der Waals surface area contributed by atoms with Crippen LogP contribution in [0.2, 0.25) is 5.02 Å². The van der Waals surface area contributed by atoms with Gasteiger partial charge in [-0.3, -0.25) is 4.90 Å². The molecule has 0 N–H and O–H groups in total. The van der Waals surface area contributed by atoms with E-state index in [1.54, 1.807) is 19.4 Å². The number of nitrogens with zero attached hydrogens (tertiary/aromatic N) is 4. The second-order valence-corrected chi connectivity index (χ2v) is 6.27. The van der Waals surface area contributed by atoms with Gasteiger partial charge in [0.15, 0.2) is 0 Å². The number of methoxy groups -OCH3 is 1. The lowest BCUT2D eigenvalue weighted by molar-refractivity contribution is 0.228. The molecule has 0 amide bonds. The quantitative estimate of drug-likeness (QED) is 0.590. The monoisotopic (exact) mass is 372 g/mol. The van der Waals surface area contributed by atoms with Crippen molar-refractivity contribution in [2.24, 2.45) is 0 Å². The molecule has 0 saturated heterocycles. The minimum Gasteiger partial charge on any atom is -0.481 e. The highest BCUT2D eigenvalue weighted by Gasteiger charge is 2.16. The van der Waals surface area contributed by atoms with Crippen LogP contribution in [-0.4, -0.2) is 33.7 Å². The minimum absolute atomic E-state index is 0.431. The summed E-state index contributed by atoms with van der Waals surface area (Å²) in [5, 5.41) is 8.90. The standard InChI is InChI=1S/C19H21ClN4O2/c1-3-11-24(12-14-7-6-10-21-18(14)25-2)13-17-22-23-19(26-17)15-8-4-5-9-16(15)20/h4-10H,3,11-13H2,1-2H3. The van der Waals surface area contributed by atoms with E-state index in [9.17, 15) is 0 Å². The summed E-state index contributed by atoms with van der Waals surface area (Å²) in [5.74, 6) is 1.62. The van der Waals surface area contributed by atoms with Crippen molar-refractivity contribution < 1.29 is 9.15 Å². The van der Waals surface area contributed by atoms with E-state index in [1.807, 2.05) is 30.3 Å². The summed E-state index contributed by atoms with van der Waals surface area (Å²) in [4.78, 5) is 6.48. The molecule has 1 aromatic carbocycles. The number of pyridine rings is 1. The molecule has 0 saturated carbocycles. The smallest absolute Gasteiger partial charge is 0.249 e. The molecule has 0 atom stereocenters. The highest BCUT2D eigenvalue weighted by molar-refractivity contribution is 6.33. The molecule has 2 heterocycles. The van der Waals surface area contributed by atoms with Gasteiger partial charge in [0.25, 0.3) is 0 Å². The van der Waals surface area contributed by atoms with Gasteiger partial charge in [-0.1, -0.05) is 36.7 Å². The Hall–Kier alpha value is -2.44. The molecule has 26 heavy (non-hydrogen) atoms. The molecule has 3 aromatic rings. The number of hydrogen-bond acceptors (Lipinski definition) is 6. The molecular formula is C19H21ClN4O2. The van der Waals surface area contributed by atoms with Gasteiger partial charge in [0.2, 0.25) is 17.7 Å². The van der Waals surface area contributed by atoms with Crippen molar-refractivity contribution in [3.05, 3.63) is 59.1 Å². The molecular weight excluding hydrogens is 352 g/mol. The van der Waals surface area contributed by atoms with Crippen LogP contribution in [0.3, 0.4) is 0 Å². The molecule has 0 bridgehead atoms. The van der Waals surface area contributed by atoms with Crippen LogP contribution in [0.15, 0.2) is 47.0 Å². The zero-order valence-corrected chi connectivity index (χ0v) is 15.6. The molecule has 0 fully saturated rings. The topological polar surface area (TPSA) is 64.3 Å². The van der Waals surface area contributed by atoms with Gasteiger partial charge in [0.05, 0.1) is 24.2 Å². The summed E-state index contributed by atoms with van der Waals surface area (Å²) in [6.07, 6.45) is 2.73. The van der Waals surface area contributed by atoms with Gasteiger partial charge in [-0.15, -0.1) is 10.2 Å². The molecule has 3 rings (SSSR count). The maximum atomic E-state index is 6.21. The van der Waals surface area contributed by atoms with Gasteiger partial charge in [0.1, 0.15) is 0 Å². The van der Waals surface area contributed by atoms with Crippen LogP contribution in [0.1, 0.15) is 24.8 Å². The van der Waals surface area contributed by atoms with Crippen LogP contribution in [0.5, 0.6) is 5.88 Å². The van der Waals surface area contributed by atoms with Gasteiger partial charge >= 0.3 is 0 Å². The third-order valence-electron chi connectivity index (χ3n) is 3.91.